The quantitative estimate of drug-likeness (QED) is 0.390. The Hall–Kier alpha value is -3.30. The van der Waals surface area contributed by atoms with E-state index in [4.69, 9.17) is 0 Å². The number of nitrogens with one attached hydrogen (secondary N) is 2. The van der Waals surface area contributed by atoms with Gasteiger partial charge in [-0.3, -0.25) is 9.50 Å². The fourth-order valence-corrected chi connectivity index (χ4v) is 3.09. The average molecular weight is 382 g/mol. The minimum absolute atomic E-state index is 0.101. The molecule has 0 aliphatic heterocycles. The SMILES string of the molecule is OCCCC(O)(c1ccc(F)cc1)c1nc(Nc2ccn[nH]2)n2cccc2n1. The number of aromatic nitrogens is 5. The lowest BCUT2D eigenvalue weighted by molar-refractivity contribution is 0.0538. The summed E-state index contributed by atoms with van der Waals surface area (Å²) in [4.78, 5) is 9.05. The summed E-state index contributed by atoms with van der Waals surface area (Å²) in [5, 5.41) is 30.6. The van der Waals surface area contributed by atoms with Crippen LogP contribution in [-0.2, 0) is 5.60 Å². The van der Waals surface area contributed by atoms with Crippen LogP contribution in [0.1, 0.15) is 24.2 Å². The molecule has 1 atom stereocenters. The second kappa shape index (κ2) is 7.37. The summed E-state index contributed by atoms with van der Waals surface area (Å²) < 4.78 is 15.1. The molecular weight excluding hydrogens is 363 g/mol. The maximum absolute atomic E-state index is 13.4. The number of H-pyrrole nitrogens is 1. The highest BCUT2D eigenvalue weighted by Crippen LogP contribution is 2.33. The molecule has 0 amide bonds. The highest BCUT2D eigenvalue weighted by Gasteiger charge is 2.35. The van der Waals surface area contributed by atoms with Crippen LogP contribution >= 0.6 is 0 Å². The van der Waals surface area contributed by atoms with Crippen molar-refractivity contribution in [1.82, 2.24) is 24.6 Å². The molecule has 0 fully saturated rings. The predicted molar refractivity (Wildman–Crippen MR) is 101 cm³/mol. The molecule has 0 aliphatic carbocycles. The van der Waals surface area contributed by atoms with E-state index in [2.05, 4.69) is 25.5 Å². The highest BCUT2D eigenvalue weighted by molar-refractivity contribution is 5.54. The van der Waals surface area contributed by atoms with Crippen LogP contribution in [0.25, 0.3) is 5.65 Å². The first-order valence-corrected chi connectivity index (χ1v) is 8.81. The topological polar surface area (TPSA) is 111 Å². The molecule has 3 aromatic heterocycles. The standard InChI is InChI=1S/C19H19FN6O2/c20-14-6-4-13(5-7-14)19(28,9-2-12-27)17-23-16-3-1-11-26(16)18(24-17)22-15-8-10-21-25-15/h1,3-8,10-11,27-28H,2,9,12H2,(H2,21,22,23,24,25). The third kappa shape index (κ3) is 3.32. The molecule has 4 N–H and O–H groups in total. The summed E-state index contributed by atoms with van der Waals surface area (Å²) in [6, 6.07) is 10.9. The second-order valence-corrected chi connectivity index (χ2v) is 6.40. The molecule has 9 heteroatoms. The Labute approximate surface area is 159 Å². The molecule has 4 aromatic rings. The molecule has 0 spiro atoms. The fourth-order valence-electron chi connectivity index (χ4n) is 3.09. The maximum atomic E-state index is 13.4. The van der Waals surface area contributed by atoms with E-state index in [1.807, 2.05) is 6.07 Å². The van der Waals surface area contributed by atoms with E-state index in [9.17, 15) is 14.6 Å². The van der Waals surface area contributed by atoms with Crippen molar-refractivity contribution in [2.75, 3.05) is 11.9 Å². The number of nitrogens with zero attached hydrogens (tertiary/aromatic N) is 4. The summed E-state index contributed by atoms with van der Waals surface area (Å²) in [6.07, 6.45) is 3.90. The van der Waals surface area contributed by atoms with Crippen molar-refractivity contribution in [2.45, 2.75) is 18.4 Å². The molecule has 0 radical (unpaired) electrons. The van der Waals surface area contributed by atoms with Gasteiger partial charge in [0.15, 0.2) is 5.82 Å². The van der Waals surface area contributed by atoms with Gasteiger partial charge in [-0.1, -0.05) is 12.1 Å². The number of aliphatic hydroxyl groups is 2. The molecule has 28 heavy (non-hydrogen) atoms. The van der Waals surface area contributed by atoms with Gasteiger partial charge in [0.05, 0.1) is 6.20 Å². The number of hydrogen-bond donors (Lipinski definition) is 4. The lowest BCUT2D eigenvalue weighted by Crippen LogP contribution is -2.31. The van der Waals surface area contributed by atoms with Crippen molar-refractivity contribution in [3.63, 3.8) is 0 Å². The maximum Gasteiger partial charge on any atom is 0.216 e. The molecule has 1 aromatic carbocycles. The number of fused-ring (bicyclic) bond motifs is 1. The van der Waals surface area contributed by atoms with Crippen LogP contribution < -0.4 is 5.32 Å². The number of halogens is 1. The van der Waals surface area contributed by atoms with Gasteiger partial charge >= 0.3 is 0 Å². The van der Waals surface area contributed by atoms with Crippen molar-refractivity contribution in [2.24, 2.45) is 0 Å². The van der Waals surface area contributed by atoms with Crippen molar-refractivity contribution >= 4 is 17.4 Å². The van der Waals surface area contributed by atoms with Gasteiger partial charge < -0.3 is 15.5 Å². The fraction of sp³-hybridized carbons (Fsp3) is 0.211. The molecule has 0 saturated carbocycles. The molecule has 144 valence electrons. The summed E-state index contributed by atoms with van der Waals surface area (Å²) in [6.45, 7) is -0.101. The van der Waals surface area contributed by atoms with Crippen molar-refractivity contribution < 1.29 is 14.6 Å². The lowest BCUT2D eigenvalue weighted by Gasteiger charge is -2.27. The Bertz CT molecular complexity index is 1060. The Kier molecular flexibility index (Phi) is 4.76. The summed E-state index contributed by atoms with van der Waals surface area (Å²) in [5.41, 5.74) is -0.561. The Balaban J connectivity index is 1.84. The van der Waals surface area contributed by atoms with Gasteiger partial charge in [0, 0.05) is 18.9 Å². The van der Waals surface area contributed by atoms with Crippen LogP contribution in [-0.4, -0.2) is 41.4 Å². The van der Waals surface area contributed by atoms with Crippen LogP contribution in [0.15, 0.2) is 54.9 Å². The second-order valence-electron chi connectivity index (χ2n) is 6.40. The van der Waals surface area contributed by atoms with Crippen LogP contribution in [0.3, 0.4) is 0 Å². The van der Waals surface area contributed by atoms with Gasteiger partial charge in [-0.25, -0.2) is 9.37 Å². The Morgan fingerprint density at radius 3 is 2.68 bits per heavy atom. The third-order valence-corrected chi connectivity index (χ3v) is 4.52. The predicted octanol–water partition coefficient (Wildman–Crippen LogP) is 2.34. The molecule has 0 bridgehead atoms. The minimum Gasteiger partial charge on any atom is -0.396 e. The molecule has 0 aliphatic rings. The van der Waals surface area contributed by atoms with Gasteiger partial charge in [-0.05, 0) is 42.7 Å². The van der Waals surface area contributed by atoms with E-state index >= 15 is 0 Å². The van der Waals surface area contributed by atoms with E-state index in [1.54, 1.807) is 28.9 Å². The zero-order chi connectivity index (χ0) is 19.6. The van der Waals surface area contributed by atoms with Crippen LogP contribution in [0.2, 0.25) is 0 Å². The first-order valence-electron chi connectivity index (χ1n) is 8.81. The highest BCUT2D eigenvalue weighted by atomic mass is 19.1. The Morgan fingerprint density at radius 1 is 1.14 bits per heavy atom. The van der Waals surface area contributed by atoms with Gasteiger partial charge in [0.25, 0.3) is 0 Å². The number of hydrogen-bond acceptors (Lipinski definition) is 6. The summed E-state index contributed by atoms with van der Waals surface area (Å²) in [7, 11) is 0. The van der Waals surface area contributed by atoms with Gasteiger partial charge in [-0.2, -0.15) is 10.1 Å². The average Bonchev–Trinajstić information content (AvgIpc) is 3.38. The normalized spacial score (nSPS) is 13.5. The molecule has 8 nitrogen and oxygen atoms in total. The largest absolute Gasteiger partial charge is 0.396 e. The van der Waals surface area contributed by atoms with E-state index in [1.165, 1.54) is 24.3 Å². The van der Waals surface area contributed by atoms with E-state index in [0.29, 0.717) is 29.4 Å². The Morgan fingerprint density at radius 2 is 1.96 bits per heavy atom. The van der Waals surface area contributed by atoms with E-state index in [-0.39, 0.29) is 18.9 Å². The molecule has 3 heterocycles. The van der Waals surface area contributed by atoms with Crippen LogP contribution in [0.4, 0.5) is 16.2 Å². The van der Waals surface area contributed by atoms with Gasteiger partial charge in [-0.15, -0.1) is 0 Å². The molecule has 1 unspecified atom stereocenters. The summed E-state index contributed by atoms with van der Waals surface area (Å²) >= 11 is 0. The number of benzene rings is 1. The number of anilines is 2. The zero-order valence-electron chi connectivity index (χ0n) is 14.9. The monoisotopic (exact) mass is 382 g/mol. The zero-order valence-corrected chi connectivity index (χ0v) is 14.9. The number of rotatable bonds is 7. The molecule has 0 saturated heterocycles. The molecule has 4 rings (SSSR count). The van der Waals surface area contributed by atoms with Crippen molar-refractivity contribution in [3.8, 4) is 0 Å². The van der Waals surface area contributed by atoms with Gasteiger partial charge in [0.1, 0.15) is 22.9 Å². The van der Waals surface area contributed by atoms with E-state index in [0.717, 1.165) is 0 Å². The minimum atomic E-state index is -1.59. The first-order chi connectivity index (χ1) is 13.6. The third-order valence-electron chi connectivity index (χ3n) is 4.52. The lowest BCUT2D eigenvalue weighted by atomic mass is 9.88. The van der Waals surface area contributed by atoms with Crippen molar-refractivity contribution in [1.29, 1.82) is 0 Å². The van der Waals surface area contributed by atoms with E-state index < -0.39 is 11.4 Å². The van der Waals surface area contributed by atoms with Crippen LogP contribution in [0.5, 0.6) is 0 Å². The summed E-state index contributed by atoms with van der Waals surface area (Å²) in [5.74, 6) is 0.803. The number of aromatic amines is 1. The number of aliphatic hydroxyl groups excluding tert-OH is 1. The van der Waals surface area contributed by atoms with Crippen LogP contribution in [0, 0.1) is 5.82 Å². The first kappa shape index (κ1) is 18.1. The van der Waals surface area contributed by atoms with Gasteiger partial charge in [0.2, 0.25) is 5.95 Å². The smallest absolute Gasteiger partial charge is 0.216 e. The van der Waals surface area contributed by atoms with Crippen molar-refractivity contribution in [3.05, 3.63) is 72.1 Å². The molecular formula is C19H19FN6O2.